The highest BCUT2D eigenvalue weighted by Gasteiger charge is 2.19. The van der Waals surface area contributed by atoms with Gasteiger partial charge in [0.05, 0.1) is 10.9 Å². The average molecular weight is 248 g/mol. The molecule has 0 saturated carbocycles. The fraction of sp³-hybridized carbons (Fsp3) is 0.125. The van der Waals surface area contributed by atoms with Crippen molar-refractivity contribution in [2.75, 3.05) is 0 Å². The minimum Gasteiger partial charge on any atom is -0.292 e. The Bertz CT molecular complexity index is 849. The molecular weight excluding hydrogens is 236 g/mol. The van der Waals surface area contributed by atoms with Crippen molar-refractivity contribution in [1.29, 1.82) is 0 Å². The van der Waals surface area contributed by atoms with Gasteiger partial charge in [0.25, 0.3) is 5.56 Å². The molecule has 0 atom stereocenters. The SMILES string of the molecule is O=c1c2ccccc2nc2n1CCc1ccccc1-2. The van der Waals surface area contributed by atoms with Crippen LogP contribution in [0.15, 0.2) is 53.3 Å². The van der Waals surface area contributed by atoms with Crippen molar-refractivity contribution in [3.63, 3.8) is 0 Å². The van der Waals surface area contributed by atoms with Crippen molar-refractivity contribution >= 4 is 10.9 Å². The highest BCUT2D eigenvalue weighted by Crippen LogP contribution is 2.27. The highest BCUT2D eigenvalue weighted by atomic mass is 16.1. The fourth-order valence-electron chi connectivity index (χ4n) is 2.77. The molecule has 3 heteroatoms. The van der Waals surface area contributed by atoms with Crippen LogP contribution < -0.4 is 5.56 Å². The second-order valence-electron chi connectivity index (χ2n) is 4.82. The molecule has 0 amide bonds. The molecule has 3 nitrogen and oxygen atoms in total. The molecule has 0 bridgehead atoms. The molecule has 2 heterocycles. The minimum absolute atomic E-state index is 0.0649. The molecule has 0 aliphatic carbocycles. The van der Waals surface area contributed by atoms with Gasteiger partial charge >= 0.3 is 0 Å². The number of hydrogen-bond donors (Lipinski definition) is 0. The van der Waals surface area contributed by atoms with E-state index in [1.807, 2.05) is 42.5 Å². The molecule has 0 N–H and O–H groups in total. The lowest BCUT2D eigenvalue weighted by molar-refractivity contribution is 0.652. The molecule has 0 radical (unpaired) electrons. The van der Waals surface area contributed by atoms with Crippen molar-refractivity contribution in [3.8, 4) is 11.4 Å². The van der Waals surface area contributed by atoms with E-state index < -0.39 is 0 Å². The quantitative estimate of drug-likeness (QED) is 0.613. The van der Waals surface area contributed by atoms with Crippen LogP contribution in [0.25, 0.3) is 22.3 Å². The number of aromatic nitrogens is 2. The van der Waals surface area contributed by atoms with E-state index in [0.717, 1.165) is 23.3 Å². The van der Waals surface area contributed by atoms with Crippen LogP contribution in [0.5, 0.6) is 0 Å². The zero-order valence-corrected chi connectivity index (χ0v) is 10.3. The van der Waals surface area contributed by atoms with Gasteiger partial charge in [-0.25, -0.2) is 4.98 Å². The average Bonchev–Trinajstić information content (AvgIpc) is 2.47. The second kappa shape index (κ2) is 3.79. The molecule has 0 unspecified atom stereocenters. The molecule has 1 aliphatic heterocycles. The smallest absolute Gasteiger partial charge is 0.261 e. The third-order valence-corrected chi connectivity index (χ3v) is 3.72. The predicted octanol–water partition coefficient (Wildman–Crippen LogP) is 2.62. The van der Waals surface area contributed by atoms with Gasteiger partial charge in [0.15, 0.2) is 0 Å². The molecule has 1 aliphatic rings. The lowest BCUT2D eigenvalue weighted by Gasteiger charge is -2.21. The Hall–Kier alpha value is -2.42. The summed E-state index contributed by atoms with van der Waals surface area (Å²) in [4.78, 5) is 17.2. The molecule has 1 aromatic heterocycles. The van der Waals surface area contributed by atoms with Gasteiger partial charge in [0, 0.05) is 12.1 Å². The van der Waals surface area contributed by atoms with Gasteiger partial charge in [0.1, 0.15) is 5.82 Å². The van der Waals surface area contributed by atoms with Crippen LogP contribution in [0.2, 0.25) is 0 Å². The van der Waals surface area contributed by atoms with Crippen LogP contribution in [-0.4, -0.2) is 9.55 Å². The normalized spacial score (nSPS) is 13.1. The van der Waals surface area contributed by atoms with E-state index in [1.165, 1.54) is 5.56 Å². The van der Waals surface area contributed by atoms with Gasteiger partial charge in [-0.3, -0.25) is 9.36 Å². The summed E-state index contributed by atoms with van der Waals surface area (Å²) in [6.45, 7) is 0.711. The maximum absolute atomic E-state index is 12.5. The summed E-state index contributed by atoms with van der Waals surface area (Å²) in [5.41, 5.74) is 3.19. The summed E-state index contributed by atoms with van der Waals surface area (Å²) in [5.74, 6) is 0.797. The van der Waals surface area contributed by atoms with Crippen molar-refractivity contribution in [2.45, 2.75) is 13.0 Å². The molecule has 0 saturated heterocycles. The van der Waals surface area contributed by atoms with Crippen LogP contribution >= 0.6 is 0 Å². The van der Waals surface area contributed by atoms with E-state index in [-0.39, 0.29) is 5.56 Å². The zero-order chi connectivity index (χ0) is 12.8. The first-order chi connectivity index (χ1) is 9.34. The Balaban J connectivity index is 2.15. The van der Waals surface area contributed by atoms with Crippen molar-refractivity contribution in [1.82, 2.24) is 9.55 Å². The standard InChI is InChI=1S/C16H12N2O/c19-16-13-7-3-4-8-14(13)17-15-12-6-2-1-5-11(12)9-10-18(15)16/h1-8H,9-10H2. The summed E-state index contributed by atoms with van der Waals surface area (Å²) in [7, 11) is 0. The monoisotopic (exact) mass is 248 g/mol. The number of rotatable bonds is 0. The van der Waals surface area contributed by atoms with Crippen LogP contribution in [-0.2, 0) is 13.0 Å². The van der Waals surface area contributed by atoms with E-state index in [9.17, 15) is 4.79 Å². The Morgan fingerprint density at radius 1 is 1.00 bits per heavy atom. The van der Waals surface area contributed by atoms with E-state index in [4.69, 9.17) is 0 Å². The number of nitrogens with zero attached hydrogens (tertiary/aromatic N) is 2. The van der Waals surface area contributed by atoms with Crippen LogP contribution in [0.3, 0.4) is 0 Å². The summed E-state index contributed by atoms with van der Waals surface area (Å²) < 4.78 is 1.80. The maximum Gasteiger partial charge on any atom is 0.261 e. The topological polar surface area (TPSA) is 34.9 Å². The van der Waals surface area contributed by atoms with E-state index >= 15 is 0 Å². The third-order valence-electron chi connectivity index (χ3n) is 3.72. The zero-order valence-electron chi connectivity index (χ0n) is 10.3. The molecule has 92 valence electrons. The summed E-state index contributed by atoms with van der Waals surface area (Å²) in [5, 5.41) is 0.700. The molecule has 0 fully saturated rings. The Morgan fingerprint density at radius 3 is 2.74 bits per heavy atom. The van der Waals surface area contributed by atoms with Gasteiger partial charge in [-0.1, -0.05) is 36.4 Å². The lowest BCUT2D eigenvalue weighted by Crippen LogP contribution is -2.27. The van der Waals surface area contributed by atoms with Gasteiger partial charge in [-0.05, 0) is 24.1 Å². The fourth-order valence-corrected chi connectivity index (χ4v) is 2.77. The first-order valence-corrected chi connectivity index (χ1v) is 6.42. The molecule has 0 spiro atoms. The summed E-state index contributed by atoms with van der Waals surface area (Å²) in [6.07, 6.45) is 0.892. The first kappa shape index (κ1) is 10.5. The van der Waals surface area contributed by atoms with Gasteiger partial charge in [0.2, 0.25) is 0 Å². The third kappa shape index (κ3) is 1.45. The Labute approximate surface area is 110 Å². The van der Waals surface area contributed by atoms with Crippen molar-refractivity contribution < 1.29 is 0 Å². The number of fused-ring (bicyclic) bond motifs is 4. The molecular formula is C16H12N2O. The highest BCUT2D eigenvalue weighted by molar-refractivity contribution is 5.80. The van der Waals surface area contributed by atoms with Crippen LogP contribution in [0.1, 0.15) is 5.56 Å². The molecule has 19 heavy (non-hydrogen) atoms. The van der Waals surface area contributed by atoms with Crippen molar-refractivity contribution in [2.24, 2.45) is 0 Å². The molecule has 3 aromatic rings. The lowest BCUT2D eigenvalue weighted by atomic mass is 10.00. The summed E-state index contributed by atoms with van der Waals surface area (Å²) >= 11 is 0. The van der Waals surface area contributed by atoms with Gasteiger partial charge in [-0.15, -0.1) is 0 Å². The Morgan fingerprint density at radius 2 is 1.79 bits per heavy atom. The van der Waals surface area contributed by atoms with Crippen molar-refractivity contribution in [3.05, 3.63) is 64.4 Å². The van der Waals surface area contributed by atoms with E-state index in [2.05, 4.69) is 11.1 Å². The Kier molecular flexibility index (Phi) is 2.09. The first-order valence-electron chi connectivity index (χ1n) is 6.42. The van der Waals surface area contributed by atoms with E-state index in [0.29, 0.717) is 11.9 Å². The second-order valence-corrected chi connectivity index (χ2v) is 4.82. The minimum atomic E-state index is 0.0649. The van der Waals surface area contributed by atoms with Crippen LogP contribution in [0.4, 0.5) is 0 Å². The largest absolute Gasteiger partial charge is 0.292 e. The van der Waals surface area contributed by atoms with Crippen LogP contribution in [0, 0.1) is 0 Å². The maximum atomic E-state index is 12.5. The van der Waals surface area contributed by atoms with Gasteiger partial charge < -0.3 is 0 Å². The van der Waals surface area contributed by atoms with Gasteiger partial charge in [-0.2, -0.15) is 0 Å². The molecule has 2 aromatic carbocycles. The summed E-state index contributed by atoms with van der Waals surface area (Å²) in [6, 6.07) is 15.7. The molecule has 4 rings (SSSR count). The number of para-hydroxylation sites is 1. The predicted molar refractivity (Wildman–Crippen MR) is 75.1 cm³/mol. The number of benzene rings is 2. The number of aryl methyl sites for hydroxylation is 1. The number of hydrogen-bond acceptors (Lipinski definition) is 2. The van der Waals surface area contributed by atoms with E-state index in [1.54, 1.807) is 4.57 Å².